The third kappa shape index (κ3) is 3.59. The highest BCUT2D eigenvalue weighted by Crippen LogP contribution is 2.31. The minimum atomic E-state index is -0.352. The van der Waals surface area contributed by atoms with Crippen molar-refractivity contribution in [3.05, 3.63) is 12.7 Å². The van der Waals surface area contributed by atoms with E-state index >= 15 is 0 Å². The molecule has 0 saturated carbocycles. The van der Waals surface area contributed by atoms with Crippen molar-refractivity contribution in [3.8, 4) is 0 Å². The molecule has 0 spiro atoms. The quantitative estimate of drug-likeness (QED) is 0.370. The van der Waals surface area contributed by atoms with Crippen molar-refractivity contribution in [2.24, 2.45) is 0 Å². The molecule has 0 amide bonds. The number of ether oxygens (including phenoxy) is 2. The van der Waals surface area contributed by atoms with Gasteiger partial charge in [-0.2, -0.15) is 0 Å². The van der Waals surface area contributed by atoms with E-state index in [-0.39, 0.29) is 17.7 Å². The molecule has 1 fully saturated rings. The van der Waals surface area contributed by atoms with Crippen molar-refractivity contribution in [3.63, 3.8) is 0 Å². The summed E-state index contributed by atoms with van der Waals surface area (Å²) < 4.78 is 10.2. The third-order valence-corrected chi connectivity index (χ3v) is 2.20. The van der Waals surface area contributed by atoms with Gasteiger partial charge in [-0.25, -0.2) is 4.79 Å². The topological polar surface area (TPSA) is 38.8 Å². The molecule has 0 aliphatic carbocycles. The highest BCUT2D eigenvalue weighted by atomic mass is 16.6. The van der Waals surface area contributed by atoms with Crippen molar-refractivity contribution in [1.82, 2.24) is 0 Å². The molecule has 0 radical (unpaired) electrons. The molecule has 1 rings (SSSR count). The van der Waals surface area contributed by atoms with Crippen molar-refractivity contribution in [2.75, 3.05) is 6.61 Å². The molecule has 1 heterocycles. The zero-order valence-electron chi connectivity index (χ0n) is 8.21. The van der Waals surface area contributed by atoms with Gasteiger partial charge >= 0.3 is 5.97 Å². The second-order valence-electron chi connectivity index (χ2n) is 3.73. The number of rotatable bonds is 5. The second-order valence-corrected chi connectivity index (χ2v) is 3.73. The zero-order valence-corrected chi connectivity index (χ0v) is 8.21. The van der Waals surface area contributed by atoms with Gasteiger partial charge in [-0.15, -0.1) is 0 Å². The monoisotopic (exact) mass is 184 g/mol. The van der Waals surface area contributed by atoms with Crippen LogP contribution in [-0.2, 0) is 14.3 Å². The van der Waals surface area contributed by atoms with Crippen molar-refractivity contribution in [2.45, 2.75) is 38.4 Å². The first-order chi connectivity index (χ1) is 6.06. The summed E-state index contributed by atoms with van der Waals surface area (Å²) in [7, 11) is 0. The summed E-state index contributed by atoms with van der Waals surface area (Å²) in [4.78, 5) is 10.8. The van der Waals surface area contributed by atoms with Gasteiger partial charge in [-0.1, -0.05) is 6.58 Å². The Bertz CT molecular complexity index is 206. The molecule has 2 atom stereocenters. The second kappa shape index (κ2) is 3.92. The van der Waals surface area contributed by atoms with E-state index < -0.39 is 0 Å². The molecule has 3 heteroatoms. The van der Waals surface area contributed by atoms with Crippen molar-refractivity contribution in [1.29, 1.82) is 0 Å². The van der Waals surface area contributed by atoms with Crippen LogP contribution in [0.2, 0.25) is 0 Å². The number of epoxide rings is 1. The lowest BCUT2D eigenvalue weighted by Gasteiger charge is -2.12. The first-order valence-corrected chi connectivity index (χ1v) is 4.53. The van der Waals surface area contributed by atoms with Crippen LogP contribution in [0, 0.1) is 0 Å². The van der Waals surface area contributed by atoms with E-state index in [2.05, 4.69) is 13.5 Å². The van der Waals surface area contributed by atoms with Crippen LogP contribution in [0.5, 0.6) is 0 Å². The van der Waals surface area contributed by atoms with Crippen LogP contribution in [0.3, 0.4) is 0 Å². The van der Waals surface area contributed by atoms with E-state index in [0.717, 1.165) is 19.4 Å². The standard InChI is InChI=1S/C10H16O3/c1-4-9(11)13-8(2)5-6-10(3)7-12-10/h4,8H,1,5-7H2,2-3H3. The van der Waals surface area contributed by atoms with Gasteiger partial charge in [0.1, 0.15) is 0 Å². The van der Waals surface area contributed by atoms with Crippen LogP contribution in [0.4, 0.5) is 0 Å². The molecule has 1 saturated heterocycles. The summed E-state index contributed by atoms with van der Waals surface area (Å²) in [5, 5.41) is 0. The molecular weight excluding hydrogens is 168 g/mol. The Kier molecular flexibility index (Phi) is 3.09. The summed E-state index contributed by atoms with van der Waals surface area (Å²) >= 11 is 0. The Hall–Kier alpha value is -0.830. The van der Waals surface area contributed by atoms with Crippen LogP contribution in [0.15, 0.2) is 12.7 Å². The third-order valence-electron chi connectivity index (χ3n) is 2.20. The van der Waals surface area contributed by atoms with Gasteiger partial charge in [-0.05, 0) is 26.7 Å². The number of hydrogen-bond acceptors (Lipinski definition) is 3. The lowest BCUT2D eigenvalue weighted by atomic mass is 10.0. The Morgan fingerprint density at radius 3 is 2.92 bits per heavy atom. The van der Waals surface area contributed by atoms with E-state index in [1.54, 1.807) is 0 Å². The van der Waals surface area contributed by atoms with Crippen LogP contribution < -0.4 is 0 Å². The van der Waals surface area contributed by atoms with Gasteiger partial charge in [-0.3, -0.25) is 0 Å². The largest absolute Gasteiger partial charge is 0.460 e. The van der Waals surface area contributed by atoms with Crippen LogP contribution in [0.25, 0.3) is 0 Å². The molecule has 1 aliphatic rings. The Balaban J connectivity index is 2.13. The van der Waals surface area contributed by atoms with Crippen molar-refractivity contribution >= 4 is 5.97 Å². The number of carbonyl (C=O) groups is 1. The van der Waals surface area contributed by atoms with E-state index in [1.807, 2.05) is 6.92 Å². The maximum Gasteiger partial charge on any atom is 0.330 e. The molecule has 0 bridgehead atoms. The molecule has 0 aromatic rings. The van der Waals surface area contributed by atoms with E-state index in [4.69, 9.17) is 9.47 Å². The molecule has 1 aliphatic heterocycles. The summed E-state index contributed by atoms with van der Waals surface area (Å²) in [6, 6.07) is 0. The van der Waals surface area contributed by atoms with Gasteiger partial charge in [0.25, 0.3) is 0 Å². The first kappa shape index (κ1) is 10.3. The lowest BCUT2D eigenvalue weighted by molar-refractivity contribution is -0.142. The lowest BCUT2D eigenvalue weighted by Crippen LogP contribution is -2.16. The predicted molar refractivity (Wildman–Crippen MR) is 49.3 cm³/mol. The first-order valence-electron chi connectivity index (χ1n) is 4.53. The summed E-state index contributed by atoms with van der Waals surface area (Å²) in [6.07, 6.45) is 2.92. The zero-order chi connectivity index (χ0) is 9.90. The van der Waals surface area contributed by atoms with Crippen LogP contribution in [-0.4, -0.2) is 24.3 Å². The van der Waals surface area contributed by atoms with E-state index in [1.165, 1.54) is 6.08 Å². The Morgan fingerprint density at radius 1 is 1.85 bits per heavy atom. The van der Waals surface area contributed by atoms with Gasteiger partial charge in [0.2, 0.25) is 0 Å². The SMILES string of the molecule is C=CC(=O)OC(C)CCC1(C)CO1. The van der Waals surface area contributed by atoms with Crippen LogP contribution >= 0.6 is 0 Å². The Morgan fingerprint density at radius 2 is 2.46 bits per heavy atom. The van der Waals surface area contributed by atoms with Crippen molar-refractivity contribution < 1.29 is 14.3 Å². The fourth-order valence-electron chi connectivity index (χ4n) is 1.08. The number of esters is 1. The highest BCUT2D eigenvalue weighted by molar-refractivity contribution is 5.81. The van der Waals surface area contributed by atoms with E-state index in [0.29, 0.717) is 0 Å². The molecule has 3 nitrogen and oxygen atoms in total. The maximum absolute atomic E-state index is 10.8. The minimum Gasteiger partial charge on any atom is -0.460 e. The molecular formula is C10H16O3. The summed E-state index contributed by atoms with van der Waals surface area (Å²) in [5.74, 6) is -0.352. The fourth-order valence-corrected chi connectivity index (χ4v) is 1.08. The number of carbonyl (C=O) groups excluding carboxylic acids is 1. The van der Waals surface area contributed by atoms with Gasteiger partial charge in [0, 0.05) is 6.08 Å². The summed E-state index contributed by atoms with van der Waals surface area (Å²) in [5.41, 5.74) is 0.0504. The van der Waals surface area contributed by atoms with Gasteiger partial charge in [0.05, 0.1) is 18.3 Å². The Labute approximate surface area is 78.7 Å². The van der Waals surface area contributed by atoms with Gasteiger partial charge < -0.3 is 9.47 Å². The molecule has 0 aromatic carbocycles. The molecule has 0 aromatic heterocycles. The molecule has 2 unspecified atom stereocenters. The fraction of sp³-hybridized carbons (Fsp3) is 0.700. The normalized spacial score (nSPS) is 27.8. The average molecular weight is 184 g/mol. The smallest absolute Gasteiger partial charge is 0.330 e. The molecule has 13 heavy (non-hydrogen) atoms. The average Bonchev–Trinajstić information content (AvgIpc) is 2.81. The predicted octanol–water partition coefficient (Wildman–Crippen LogP) is 1.67. The minimum absolute atomic E-state index is 0.0495. The molecule has 0 N–H and O–H groups in total. The van der Waals surface area contributed by atoms with Gasteiger partial charge in [0.15, 0.2) is 0 Å². The maximum atomic E-state index is 10.8. The summed E-state index contributed by atoms with van der Waals surface area (Å²) in [6.45, 7) is 8.11. The van der Waals surface area contributed by atoms with E-state index in [9.17, 15) is 4.79 Å². The highest BCUT2D eigenvalue weighted by Gasteiger charge is 2.38. The van der Waals surface area contributed by atoms with Crippen LogP contribution in [0.1, 0.15) is 26.7 Å². The number of hydrogen-bond donors (Lipinski definition) is 0. The molecule has 74 valence electrons.